The van der Waals surface area contributed by atoms with Crippen LogP contribution in [0.3, 0.4) is 0 Å². The third kappa shape index (κ3) is 3.00. The summed E-state index contributed by atoms with van der Waals surface area (Å²) in [5, 5.41) is 5.40. The predicted octanol–water partition coefficient (Wildman–Crippen LogP) is 5.25. The van der Waals surface area contributed by atoms with Crippen LogP contribution in [0, 0.1) is 12.7 Å². The van der Waals surface area contributed by atoms with Crippen molar-refractivity contribution in [2.75, 3.05) is 10.2 Å². The Balaban J connectivity index is 1.85. The van der Waals surface area contributed by atoms with Gasteiger partial charge in [-0.2, -0.15) is 0 Å². The van der Waals surface area contributed by atoms with Gasteiger partial charge in [0.25, 0.3) is 11.8 Å². The molecule has 140 valence electrons. The second-order valence-corrected chi connectivity index (χ2v) is 7.52. The number of anilines is 2. The summed E-state index contributed by atoms with van der Waals surface area (Å²) in [6, 6.07) is 14.5. The highest BCUT2D eigenvalue weighted by Gasteiger charge is 2.41. The van der Waals surface area contributed by atoms with Crippen LogP contribution in [-0.4, -0.2) is 11.8 Å². The van der Waals surface area contributed by atoms with Gasteiger partial charge < -0.3 is 5.32 Å². The number of hydrogen-bond acceptors (Lipinski definition) is 4. The van der Waals surface area contributed by atoms with E-state index in [0.29, 0.717) is 15.6 Å². The summed E-state index contributed by atoms with van der Waals surface area (Å²) < 4.78 is 14.3. The summed E-state index contributed by atoms with van der Waals surface area (Å²) >= 11 is 7.51. The molecule has 2 heterocycles. The molecule has 3 aromatic rings. The molecule has 28 heavy (non-hydrogen) atoms. The fourth-order valence-electron chi connectivity index (χ4n) is 3.02. The average molecular weight is 413 g/mol. The molecule has 0 unspecified atom stereocenters. The molecule has 4 nitrogen and oxygen atoms in total. The molecular weight excluding hydrogens is 399 g/mol. The van der Waals surface area contributed by atoms with E-state index in [0.717, 1.165) is 10.5 Å². The van der Waals surface area contributed by atoms with E-state index >= 15 is 0 Å². The van der Waals surface area contributed by atoms with E-state index in [-0.39, 0.29) is 17.0 Å². The summed E-state index contributed by atoms with van der Waals surface area (Å²) in [7, 11) is 0. The minimum absolute atomic E-state index is 0.0776. The molecule has 1 aromatic heterocycles. The highest BCUT2D eigenvalue weighted by atomic mass is 35.5. The zero-order valence-electron chi connectivity index (χ0n) is 14.7. The molecule has 0 saturated carbocycles. The van der Waals surface area contributed by atoms with Crippen molar-refractivity contribution in [3.8, 4) is 0 Å². The molecule has 0 bridgehead atoms. The number of para-hydroxylation sites is 1. The van der Waals surface area contributed by atoms with Gasteiger partial charge in [0.15, 0.2) is 0 Å². The van der Waals surface area contributed by atoms with Gasteiger partial charge in [0.05, 0.1) is 11.3 Å². The number of nitrogens with zero attached hydrogens (tertiary/aromatic N) is 1. The molecule has 2 aromatic carbocycles. The van der Waals surface area contributed by atoms with E-state index in [1.165, 1.54) is 29.5 Å². The van der Waals surface area contributed by atoms with E-state index < -0.39 is 17.6 Å². The van der Waals surface area contributed by atoms with Gasteiger partial charge in [0.2, 0.25) is 0 Å². The Kier molecular flexibility index (Phi) is 4.75. The van der Waals surface area contributed by atoms with Crippen LogP contribution in [0.4, 0.5) is 15.8 Å². The van der Waals surface area contributed by atoms with Crippen LogP contribution in [0.1, 0.15) is 10.4 Å². The molecule has 0 saturated heterocycles. The molecule has 2 amide bonds. The van der Waals surface area contributed by atoms with E-state index in [4.69, 9.17) is 11.6 Å². The van der Waals surface area contributed by atoms with Crippen molar-refractivity contribution in [2.24, 2.45) is 0 Å². The molecule has 0 spiro atoms. The smallest absolute Gasteiger partial charge is 0.282 e. The number of benzene rings is 2. The fraction of sp³-hybridized carbons (Fsp3) is 0.0476. The summed E-state index contributed by atoms with van der Waals surface area (Å²) in [5.41, 5.74) is 1.58. The Morgan fingerprint density at radius 1 is 1.00 bits per heavy atom. The molecule has 0 radical (unpaired) electrons. The van der Waals surface area contributed by atoms with Crippen LogP contribution in [0.25, 0.3) is 5.57 Å². The molecule has 7 heteroatoms. The van der Waals surface area contributed by atoms with Gasteiger partial charge in [-0.25, -0.2) is 9.29 Å². The van der Waals surface area contributed by atoms with Crippen LogP contribution < -0.4 is 10.2 Å². The van der Waals surface area contributed by atoms with Gasteiger partial charge in [0, 0.05) is 15.6 Å². The highest BCUT2D eigenvalue weighted by molar-refractivity contribution is 7.11. The highest BCUT2D eigenvalue weighted by Crippen LogP contribution is 2.37. The topological polar surface area (TPSA) is 49.4 Å². The molecule has 4 rings (SSSR count). The Morgan fingerprint density at radius 3 is 2.50 bits per heavy atom. The second-order valence-electron chi connectivity index (χ2n) is 6.16. The number of thiophene rings is 1. The summed E-state index contributed by atoms with van der Waals surface area (Å²) in [5.74, 6) is -1.83. The first-order chi connectivity index (χ1) is 13.5. The number of halogens is 2. The lowest BCUT2D eigenvalue weighted by molar-refractivity contribution is -0.120. The molecule has 0 fully saturated rings. The largest absolute Gasteiger partial charge is 0.350 e. The van der Waals surface area contributed by atoms with Crippen molar-refractivity contribution in [3.05, 3.63) is 87.0 Å². The second kappa shape index (κ2) is 7.22. The molecule has 0 aliphatic carbocycles. The maximum Gasteiger partial charge on any atom is 0.282 e. The van der Waals surface area contributed by atoms with Gasteiger partial charge in [-0.15, -0.1) is 11.3 Å². The maximum absolute atomic E-state index is 14.3. The van der Waals surface area contributed by atoms with Gasteiger partial charge in [-0.1, -0.05) is 35.9 Å². The third-order valence-corrected chi connectivity index (χ3v) is 5.77. The van der Waals surface area contributed by atoms with Crippen molar-refractivity contribution < 1.29 is 14.0 Å². The molecule has 1 N–H and O–H groups in total. The van der Waals surface area contributed by atoms with Crippen LogP contribution in [-0.2, 0) is 9.59 Å². The van der Waals surface area contributed by atoms with Gasteiger partial charge >= 0.3 is 0 Å². The molecule has 1 aliphatic heterocycles. The number of amides is 2. The first-order valence-corrected chi connectivity index (χ1v) is 9.68. The summed E-state index contributed by atoms with van der Waals surface area (Å²) in [4.78, 5) is 27.8. The Hall–Kier alpha value is -2.96. The minimum Gasteiger partial charge on any atom is -0.350 e. The van der Waals surface area contributed by atoms with Crippen LogP contribution >= 0.6 is 22.9 Å². The van der Waals surface area contributed by atoms with Gasteiger partial charge in [-0.05, 0) is 48.2 Å². The minimum atomic E-state index is -0.644. The van der Waals surface area contributed by atoms with E-state index in [2.05, 4.69) is 5.32 Å². The normalized spacial score (nSPS) is 14.2. The lowest BCUT2D eigenvalue weighted by Gasteiger charge is -2.16. The number of rotatable bonds is 4. The van der Waals surface area contributed by atoms with E-state index in [9.17, 15) is 14.0 Å². The standard InChI is InChI=1S/C21H14ClFN2O2S/c1-12-13(22)6-4-8-15(12)24-19-18(17-10-5-11-28-17)20(26)25(21(19)27)16-9-3-2-7-14(16)23/h2-11,24H,1H3. The van der Waals surface area contributed by atoms with E-state index in [1.807, 2.05) is 12.3 Å². The summed E-state index contributed by atoms with van der Waals surface area (Å²) in [6.07, 6.45) is 0. The average Bonchev–Trinajstić information content (AvgIpc) is 3.27. The SMILES string of the molecule is Cc1c(Cl)cccc1NC1=C(c2cccs2)C(=O)N(c2ccccc2F)C1=O. The Morgan fingerprint density at radius 2 is 1.79 bits per heavy atom. The van der Waals surface area contributed by atoms with Crippen molar-refractivity contribution in [2.45, 2.75) is 6.92 Å². The van der Waals surface area contributed by atoms with Crippen LogP contribution in [0.15, 0.2) is 65.7 Å². The van der Waals surface area contributed by atoms with Crippen molar-refractivity contribution in [1.82, 2.24) is 0 Å². The van der Waals surface area contributed by atoms with Crippen LogP contribution in [0.5, 0.6) is 0 Å². The number of nitrogens with one attached hydrogen (secondary N) is 1. The van der Waals surface area contributed by atoms with Crippen molar-refractivity contribution >= 4 is 51.7 Å². The number of carbonyl (C=O) groups excluding carboxylic acids is 2. The van der Waals surface area contributed by atoms with Gasteiger partial charge in [0.1, 0.15) is 11.5 Å². The number of imide groups is 1. The van der Waals surface area contributed by atoms with E-state index in [1.54, 1.807) is 36.4 Å². The maximum atomic E-state index is 14.3. The first kappa shape index (κ1) is 18.4. The molecular formula is C21H14ClFN2O2S. The Bertz CT molecular complexity index is 1130. The lowest BCUT2D eigenvalue weighted by atomic mass is 10.1. The predicted molar refractivity (Wildman–Crippen MR) is 110 cm³/mol. The number of hydrogen-bond donors (Lipinski definition) is 1. The summed E-state index contributed by atoms with van der Waals surface area (Å²) in [6.45, 7) is 1.81. The monoisotopic (exact) mass is 412 g/mol. The Labute approximate surface area is 169 Å². The first-order valence-electron chi connectivity index (χ1n) is 8.42. The zero-order chi connectivity index (χ0) is 19.8. The lowest BCUT2D eigenvalue weighted by Crippen LogP contribution is -2.33. The fourth-order valence-corrected chi connectivity index (χ4v) is 3.97. The number of carbonyl (C=O) groups is 2. The third-order valence-electron chi connectivity index (χ3n) is 4.47. The van der Waals surface area contributed by atoms with Gasteiger partial charge in [-0.3, -0.25) is 9.59 Å². The molecule has 0 atom stereocenters. The van der Waals surface area contributed by atoms with Crippen LogP contribution in [0.2, 0.25) is 5.02 Å². The zero-order valence-corrected chi connectivity index (χ0v) is 16.3. The van der Waals surface area contributed by atoms with Crippen molar-refractivity contribution in [3.63, 3.8) is 0 Å². The van der Waals surface area contributed by atoms with Crippen molar-refractivity contribution in [1.29, 1.82) is 0 Å². The quantitative estimate of drug-likeness (QED) is 0.596. The molecule has 1 aliphatic rings.